The predicted octanol–water partition coefficient (Wildman–Crippen LogP) is 5.13. The highest BCUT2D eigenvalue weighted by Gasteiger charge is 2.08. The molecule has 2 aromatic carbocycles. The third-order valence-electron chi connectivity index (χ3n) is 4.09. The normalized spacial score (nSPS) is 12.3. The molecule has 0 aliphatic heterocycles. The summed E-state index contributed by atoms with van der Waals surface area (Å²) in [7, 11) is 0. The van der Waals surface area contributed by atoms with E-state index >= 15 is 0 Å². The number of carboxylic acids is 1. The minimum absolute atomic E-state index is 0.312. The van der Waals surface area contributed by atoms with Gasteiger partial charge < -0.3 is 9.84 Å². The largest absolute Gasteiger partial charge is 0.493 e. The van der Waals surface area contributed by atoms with Crippen LogP contribution in [0.4, 0.5) is 0 Å². The molecule has 0 amide bonds. The summed E-state index contributed by atoms with van der Waals surface area (Å²) >= 11 is 0. The number of aromatic carboxylic acids is 1. The van der Waals surface area contributed by atoms with Gasteiger partial charge in [0.1, 0.15) is 5.75 Å². The zero-order valence-corrected chi connectivity index (χ0v) is 13.3. The first-order valence-corrected chi connectivity index (χ1v) is 8.04. The Balaban J connectivity index is 2.06. The molecule has 1 atom stereocenters. The molecule has 0 fully saturated rings. The highest BCUT2D eigenvalue weighted by Crippen LogP contribution is 2.23. The Morgan fingerprint density at radius 3 is 2.55 bits per heavy atom. The quantitative estimate of drug-likeness (QED) is 0.734. The Labute approximate surface area is 131 Å². The first-order valence-electron chi connectivity index (χ1n) is 8.04. The van der Waals surface area contributed by atoms with Crippen LogP contribution in [-0.4, -0.2) is 17.7 Å². The van der Waals surface area contributed by atoms with Crippen molar-refractivity contribution >= 4 is 16.7 Å². The van der Waals surface area contributed by atoms with E-state index in [1.807, 2.05) is 24.3 Å². The van der Waals surface area contributed by atoms with Crippen molar-refractivity contribution in [1.82, 2.24) is 0 Å². The predicted molar refractivity (Wildman–Crippen MR) is 89.7 cm³/mol. The minimum atomic E-state index is -0.899. The lowest BCUT2D eigenvalue weighted by molar-refractivity contribution is 0.0697. The van der Waals surface area contributed by atoms with Crippen molar-refractivity contribution in [2.24, 2.45) is 5.92 Å². The van der Waals surface area contributed by atoms with E-state index in [4.69, 9.17) is 9.84 Å². The third-order valence-corrected chi connectivity index (χ3v) is 4.09. The zero-order valence-electron chi connectivity index (χ0n) is 13.3. The maximum atomic E-state index is 11.0. The van der Waals surface area contributed by atoms with Crippen LogP contribution in [0.1, 0.15) is 49.9 Å². The summed E-state index contributed by atoms with van der Waals surface area (Å²) in [6, 6.07) is 11.0. The van der Waals surface area contributed by atoms with Crippen molar-refractivity contribution in [3.05, 3.63) is 42.0 Å². The van der Waals surface area contributed by atoms with Crippen molar-refractivity contribution in [3.63, 3.8) is 0 Å². The van der Waals surface area contributed by atoms with Crippen LogP contribution in [0.5, 0.6) is 5.75 Å². The van der Waals surface area contributed by atoms with Crippen molar-refractivity contribution in [3.8, 4) is 5.75 Å². The first kappa shape index (κ1) is 16.3. The Morgan fingerprint density at radius 2 is 1.86 bits per heavy atom. The summed E-state index contributed by atoms with van der Waals surface area (Å²) in [6.07, 6.45) is 4.81. The van der Waals surface area contributed by atoms with Gasteiger partial charge in [-0.2, -0.15) is 0 Å². The molecule has 3 nitrogen and oxygen atoms in total. The molecule has 0 saturated heterocycles. The summed E-state index contributed by atoms with van der Waals surface area (Å²) in [5.74, 6) is 0.555. The molecule has 0 aliphatic carbocycles. The van der Waals surface area contributed by atoms with E-state index in [1.165, 1.54) is 19.3 Å². The Bertz CT molecular complexity index is 634. The van der Waals surface area contributed by atoms with E-state index in [0.717, 1.165) is 29.5 Å². The van der Waals surface area contributed by atoms with Crippen LogP contribution in [0.25, 0.3) is 10.8 Å². The van der Waals surface area contributed by atoms with Crippen LogP contribution in [0.15, 0.2) is 36.4 Å². The van der Waals surface area contributed by atoms with E-state index in [9.17, 15) is 4.79 Å². The second-order valence-electron chi connectivity index (χ2n) is 5.76. The fourth-order valence-corrected chi connectivity index (χ4v) is 2.56. The molecular weight excluding hydrogens is 276 g/mol. The van der Waals surface area contributed by atoms with Gasteiger partial charge in [0.05, 0.1) is 12.2 Å². The smallest absolute Gasteiger partial charge is 0.335 e. The first-order chi connectivity index (χ1) is 10.6. The number of carboxylic acid groups (broad SMARTS) is 1. The van der Waals surface area contributed by atoms with Crippen LogP contribution in [-0.2, 0) is 0 Å². The molecule has 0 aromatic heterocycles. The van der Waals surface area contributed by atoms with Gasteiger partial charge in [0.15, 0.2) is 0 Å². The van der Waals surface area contributed by atoms with Gasteiger partial charge in [-0.15, -0.1) is 0 Å². The Kier molecular flexibility index (Phi) is 5.82. The average molecular weight is 300 g/mol. The minimum Gasteiger partial charge on any atom is -0.493 e. The van der Waals surface area contributed by atoms with Crippen molar-refractivity contribution in [1.29, 1.82) is 0 Å². The monoisotopic (exact) mass is 300 g/mol. The van der Waals surface area contributed by atoms with E-state index in [-0.39, 0.29) is 0 Å². The molecule has 0 heterocycles. The third kappa shape index (κ3) is 4.23. The van der Waals surface area contributed by atoms with Gasteiger partial charge in [-0.1, -0.05) is 45.2 Å². The van der Waals surface area contributed by atoms with Crippen LogP contribution < -0.4 is 4.74 Å². The van der Waals surface area contributed by atoms with E-state index < -0.39 is 5.97 Å². The molecule has 2 aromatic rings. The molecule has 1 unspecified atom stereocenters. The Morgan fingerprint density at radius 1 is 1.14 bits per heavy atom. The average Bonchev–Trinajstić information content (AvgIpc) is 2.54. The maximum absolute atomic E-state index is 11.0. The second-order valence-corrected chi connectivity index (χ2v) is 5.76. The van der Waals surface area contributed by atoms with Gasteiger partial charge in [-0.3, -0.25) is 0 Å². The number of rotatable bonds is 8. The number of hydrogen-bond donors (Lipinski definition) is 1. The molecular formula is C19H24O3. The summed E-state index contributed by atoms with van der Waals surface area (Å²) in [6.45, 7) is 5.16. The van der Waals surface area contributed by atoms with E-state index in [2.05, 4.69) is 13.8 Å². The lowest BCUT2D eigenvalue weighted by atomic mass is 10.0. The van der Waals surface area contributed by atoms with Crippen molar-refractivity contribution < 1.29 is 14.6 Å². The number of unbranched alkanes of at least 4 members (excludes halogenated alkanes) is 1. The lowest BCUT2D eigenvalue weighted by Crippen LogP contribution is -2.11. The topological polar surface area (TPSA) is 46.5 Å². The number of carbonyl (C=O) groups is 1. The van der Waals surface area contributed by atoms with Gasteiger partial charge in [-0.05, 0) is 47.4 Å². The lowest BCUT2D eigenvalue weighted by Gasteiger charge is -2.16. The molecule has 0 aliphatic rings. The van der Waals surface area contributed by atoms with Crippen molar-refractivity contribution in [2.45, 2.75) is 39.5 Å². The number of hydrogen-bond acceptors (Lipinski definition) is 2. The standard InChI is InChI=1S/C19H24O3/c1-3-5-6-14(4-2)13-22-18-10-9-15-11-17(19(20)21)8-7-16(15)12-18/h7-12,14H,3-6,13H2,1-2H3,(H,20,21). The highest BCUT2D eigenvalue weighted by atomic mass is 16.5. The van der Waals surface area contributed by atoms with Crippen molar-refractivity contribution in [2.75, 3.05) is 6.61 Å². The number of ether oxygens (including phenoxy) is 1. The van der Waals surface area contributed by atoms with Gasteiger partial charge in [0.25, 0.3) is 0 Å². The molecule has 0 bridgehead atoms. The highest BCUT2D eigenvalue weighted by molar-refractivity contribution is 5.94. The summed E-state index contributed by atoms with van der Waals surface area (Å²) in [4.78, 5) is 11.0. The van der Waals surface area contributed by atoms with Crippen LogP contribution >= 0.6 is 0 Å². The number of benzene rings is 2. The van der Waals surface area contributed by atoms with Gasteiger partial charge >= 0.3 is 5.97 Å². The van der Waals surface area contributed by atoms with Crippen LogP contribution in [0, 0.1) is 5.92 Å². The molecule has 0 saturated carbocycles. The molecule has 2 rings (SSSR count). The summed E-state index contributed by atoms with van der Waals surface area (Å²) in [5.41, 5.74) is 0.312. The summed E-state index contributed by atoms with van der Waals surface area (Å²) < 4.78 is 5.93. The van der Waals surface area contributed by atoms with Gasteiger partial charge in [0.2, 0.25) is 0 Å². The maximum Gasteiger partial charge on any atom is 0.335 e. The molecule has 0 radical (unpaired) electrons. The molecule has 3 heteroatoms. The summed E-state index contributed by atoms with van der Waals surface area (Å²) in [5, 5.41) is 10.9. The van der Waals surface area contributed by atoms with E-state index in [1.54, 1.807) is 12.1 Å². The zero-order chi connectivity index (χ0) is 15.9. The molecule has 0 spiro atoms. The SMILES string of the molecule is CCCCC(CC)COc1ccc2cc(C(=O)O)ccc2c1. The van der Waals surface area contributed by atoms with Gasteiger partial charge in [-0.25, -0.2) is 4.79 Å². The van der Waals surface area contributed by atoms with E-state index in [0.29, 0.717) is 11.5 Å². The second kappa shape index (κ2) is 7.83. The Hall–Kier alpha value is -2.03. The fourth-order valence-electron chi connectivity index (χ4n) is 2.56. The van der Waals surface area contributed by atoms with Crippen LogP contribution in [0.2, 0.25) is 0 Å². The molecule has 22 heavy (non-hydrogen) atoms. The molecule has 118 valence electrons. The molecule has 1 N–H and O–H groups in total. The fraction of sp³-hybridized carbons (Fsp3) is 0.421. The van der Waals surface area contributed by atoms with Gasteiger partial charge in [0, 0.05) is 0 Å². The van der Waals surface area contributed by atoms with Crippen LogP contribution in [0.3, 0.4) is 0 Å². The number of fused-ring (bicyclic) bond motifs is 1.